The Labute approximate surface area is 137 Å². The van der Waals surface area contributed by atoms with Gasteiger partial charge in [0.05, 0.1) is 5.56 Å². The topological polar surface area (TPSA) is 84.7 Å². The molecule has 23 heavy (non-hydrogen) atoms. The largest absolute Gasteiger partial charge is 0.483 e. The lowest BCUT2D eigenvalue weighted by atomic mass is 9.96. The molecule has 1 fully saturated rings. The van der Waals surface area contributed by atoms with Crippen molar-refractivity contribution in [3.05, 3.63) is 29.8 Å². The number of nitrogens with one attached hydrogen (secondary N) is 1. The first kappa shape index (κ1) is 17.3. The number of rotatable bonds is 7. The zero-order chi connectivity index (χ0) is 16.7. The zero-order valence-electron chi connectivity index (χ0n) is 13.6. The van der Waals surface area contributed by atoms with E-state index < -0.39 is 5.91 Å². The molecular formula is C17H25N3O3. The van der Waals surface area contributed by atoms with Crippen LogP contribution in [0, 0.1) is 5.92 Å². The zero-order valence-corrected chi connectivity index (χ0v) is 13.6. The van der Waals surface area contributed by atoms with E-state index in [9.17, 15) is 9.59 Å². The Morgan fingerprint density at radius 3 is 2.65 bits per heavy atom. The second-order valence-electron chi connectivity index (χ2n) is 5.79. The lowest BCUT2D eigenvalue weighted by Crippen LogP contribution is -2.41. The number of carbonyl (C=O) groups is 2. The van der Waals surface area contributed by atoms with Gasteiger partial charge in [-0.25, -0.2) is 0 Å². The first-order valence-electron chi connectivity index (χ1n) is 8.12. The Morgan fingerprint density at radius 1 is 1.30 bits per heavy atom. The van der Waals surface area contributed by atoms with Crippen LogP contribution in [0.5, 0.6) is 5.75 Å². The van der Waals surface area contributed by atoms with Crippen molar-refractivity contribution in [1.29, 1.82) is 0 Å². The summed E-state index contributed by atoms with van der Waals surface area (Å²) in [5, 5.41) is 3.36. The van der Waals surface area contributed by atoms with E-state index in [1.165, 1.54) is 0 Å². The van der Waals surface area contributed by atoms with Crippen LogP contribution in [0.15, 0.2) is 24.3 Å². The van der Waals surface area contributed by atoms with Gasteiger partial charge in [-0.2, -0.15) is 0 Å². The van der Waals surface area contributed by atoms with Gasteiger partial charge < -0.3 is 20.7 Å². The summed E-state index contributed by atoms with van der Waals surface area (Å²) < 4.78 is 5.35. The summed E-state index contributed by atoms with van der Waals surface area (Å²) in [4.78, 5) is 25.4. The number of nitrogens with zero attached hydrogens (tertiary/aromatic N) is 1. The quantitative estimate of drug-likeness (QED) is 0.785. The number of primary amides is 1. The molecule has 6 heteroatoms. The van der Waals surface area contributed by atoms with Crippen LogP contribution >= 0.6 is 0 Å². The van der Waals surface area contributed by atoms with Gasteiger partial charge in [0.1, 0.15) is 5.75 Å². The molecule has 0 aromatic heterocycles. The molecule has 1 aliphatic heterocycles. The summed E-state index contributed by atoms with van der Waals surface area (Å²) in [6.45, 7) is 5.36. The summed E-state index contributed by atoms with van der Waals surface area (Å²) in [5.41, 5.74) is 5.58. The molecule has 0 spiro atoms. The van der Waals surface area contributed by atoms with Gasteiger partial charge in [-0.1, -0.05) is 19.1 Å². The molecule has 1 aliphatic rings. The van der Waals surface area contributed by atoms with Crippen molar-refractivity contribution in [2.75, 3.05) is 32.8 Å². The van der Waals surface area contributed by atoms with Gasteiger partial charge in [-0.05, 0) is 44.0 Å². The van der Waals surface area contributed by atoms with Gasteiger partial charge in [-0.3, -0.25) is 9.59 Å². The maximum atomic E-state index is 12.7. The third-order valence-corrected chi connectivity index (χ3v) is 4.07. The predicted octanol–water partition coefficient (Wildman–Crippen LogP) is 1.01. The van der Waals surface area contributed by atoms with Crippen LogP contribution in [0.25, 0.3) is 0 Å². The SMILES string of the molecule is CCNCC1CCN(C(=O)c2ccccc2OCC(N)=O)CC1. The van der Waals surface area contributed by atoms with Crippen LogP contribution in [0.1, 0.15) is 30.1 Å². The number of carbonyl (C=O) groups excluding carboxylic acids is 2. The maximum Gasteiger partial charge on any atom is 0.257 e. The molecule has 0 unspecified atom stereocenters. The van der Waals surface area contributed by atoms with Crippen molar-refractivity contribution in [2.45, 2.75) is 19.8 Å². The lowest BCUT2D eigenvalue weighted by molar-refractivity contribution is -0.119. The monoisotopic (exact) mass is 319 g/mol. The lowest BCUT2D eigenvalue weighted by Gasteiger charge is -2.32. The van der Waals surface area contributed by atoms with E-state index in [2.05, 4.69) is 12.2 Å². The van der Waals surface area contributed by atoms with E-state index in [0.717, 1.165) is 39.0 Å². The Hall–Kier alpha value is -2.08. The standard InChI is InChI=1S/C17H25N3O3/c1-2-19-11-13-7-9-20(10-8-13)17(22)14-5-3-4-6-15(14)23-12-16(18)21/h3-6,13,19H,2,7-12H2,1H3,(H2,18,21). The Balaban J connectivity index is 1.97. The van der Waals surface area contributed by atoms with E-state index in [1.807, 2.05) is 4.90 Å². The highest BCUT2D eigenvalue weighted by Crippen LogP contribution is 2.23. The summed E-state index contributed by atoms with van der Waals surface area (Å²) in [6, 6.07) is 6.98. The van der Waals surface area contributed by atoms with Crippen LogP contribution in [0.2, 0.25) is 0 Å². The molecule has 0 atom stereocenters. The highest BCUT2D eigenvalue weighted by atomic mass is 16.5. The number of benzene rings is 1. The number of hydrogen-bond acceptors (Lipinski definition) is 4. The number of piperidine rings is 1. The molecule has 1 saturated heterocycles. The maximum absolute atomic E-state index is 12.7. The molecule has 6 nitrogen and oxygen atoms in total. The molecule has 1 aromatic carbocycles. The van der Waals surface area contributed by atoms with Gasteiger partial charge in [0.2, 0.25) is 0 Å². The highest BCUT2D eigenvalue weighted by Gasteiger charge is 2.25. The highest BCUT2D eigenvalue weighted by molar-refractivity contribution is 5.97. The fraction of sp³-hybridized carbons (Fsp3) is 0.529. The Kier molecular flexibility index (Phi) is 6.40. The minimum atomic E-state index is -0.559. The summed E-state index contributed by atoms with van der Waals surface area (Å²) in [6.07, 6.45) is 2.01. The van der Waals surface area contributed by atoms with Gasteiger partial charge >= 0.3 is 0 Å². The van der Waals surface area contributed by atoms with Gasteiger partial charge in [-0.15, -0.1) is 0 Å². The molecule has 0 aliphatic carbocycles. The molecule has 126 valence electrons. The van der Waals surface area contributed by atoms with Gasteiger partial charge in [0.25, 0.3) is 11.8 Å². The van der Waals surface area contributed by atoms with Crippen LogP contribution in [-0.2, 0) is 4.79 Å². The van der Waals surface area contributed by atoms with Crippen LogP contribution in [0.3, 0.4) is 0 Å². The second-order valence-corrected chi connectivity index (χ2v) is 5.79. The second kappa shape index (κ2) is 8.53. The number of para-hydroxylation sites is 1. The van der Waals surface area contributed by atoms with Crippen molar-refractivity contribution in [2.24, 2.45) is 11.7 Å². The first-order valence-corrected chi connectivity index (χ1v) is 8.12. The molecule has 0 bridgehead atoms. The number of hydrogen-bond donors (Lipinski definition) is 2. The number of nitrogens with two attached hydrogens (primary N) is 1. The van der Waals surface area contributed by atoms with Crippen LogP contribution < -0.4 is 15.8 Å². The van der Waals surface area contributed by atoms with E-state index >= 15 is 0 Å². The average molecular weight is 319 g/mol. The molecule has 2 amide bonds. The average Bonchev–Trinajstić information content (AvgIpc) is 2.58. The molecular weight excluding hydrogens is 294 g/mol. The van der Waals surface area contributed by atoms with E-state index in [-0.39, 0.29) is 12.5 Å². The molecule has 0 saturated carbocycles. The van der Waals surface area contributed by atoms with E-state index in [0.29, 0.717) is 17.2 Å². The summed E-state index contributed by atoms with van der Waals surface area (Å²) in [5.74, 6) is 0.426. The minimum absolute atomic E-state index is 0.0491. The number of amides is 2. The Morgan fingerprint density at radius 2 is 2.00 bits per heavy atom. The normalized spacial score (nSPS) is 15.4. The predicted molar refractivity (Wildman–Crippen MR) is 88.3 cm³/mol. The van der Waals surface area contributed by atoms with Crippen molar-refractivity contribution in [3.8, 4) is 5.75 Å². The fourth-order valence-corrected chi connectivity index (χ4v) is 2.78. The van der Waals surface area contributed by atoms with Crippen molar-refractivity contribution >= 4 is 11.8 Å². The molecule has 1 heterocycles. The smallest absolute Gasteiger partial charge is 0.257 e. The van der Waals surface area contributed by atoms with Crippen molar-refractivity contribution in [3.63, 3.8) is 0 Å². The van der Waals surface area contributed by atoms with Crippen LogP contribution in [0.4, 0.5) is 0 Å². The van der Waals surface area contributed by atoms with E-state index in [1.54, 1.807) is 24.3 Å². The number of likely N-dealkylation sites (tertiary alicyclic amines) is 1. The van der Waals surface area contributed by atoms with E-state index in [4.69, 9.17) is 10.5 Å². The van der Waals surface area contributed by atoms with Crippen molar-refractivity contribution in [1.82, 2.24) is 10.2 Å². The fourth-order valence-electron chi connectivity index (χ4n) is 2.78. The summed E-state index contributed by atoms with van der Waals surface area (Å²) in [7, 11) is 0. The molecule has 1 aromatic rings. The minimum Gasteiger partial charge on any atom is -0.483 e. The first-order chi connectivity index (χ1) is 11.1. The molecule has 3 N–H and O–H groups in total. The van der Waals surface area contributed by atoms with Crippen LogP contribution in [-0.4, -0.2) is 49.5 Å². The molecule has 2 rings (SSSR count). The third kappa shape index (κ3) is 4.96. The Bertz CT molecular complexity index is 540. The van der Waals surface area contributed by atoms with Crippen molar-refractivity contribution < 1.29 is 14.3 Å². The third-order valence-electron chi connectivity index (χ3n) is 4.07. The summed E-state index contributed by atoms with van der Waals surface area (Å²) >= 11 is 0. The number of ether oxygens (including phenoxy) is 1. The van der Waals surface area contributed by atoms with Gasteiger partial charge in [0.15, 0.2) is 6.61 Å². The molecule has 0 radical (unpaired) electrons. The van der Waals surface area contributed by atoms with Gasteiger partial charge in [0, 0.05) is 13.1 Å².